The summed E-state index contributed by atoms with van der Waals surface area (Å²) in [7, 11) is -7.55. The molecule has 0 amide bonds. The molecule has 128 valence electrons. The average molecular weight is 345 g/mol. The van der Waals surface area contributed by atoms with Gasteiger partial charge >= 0.3 is 15.5 Å². The number of hydrogen-bond donors (Lipinski definition) is 1. The van der Waals surface area contributed by atoms with Gasteiger partial charge in [-0.1, -0.05) is 13.8 Å². The fourth-order valence-electron chi connectivity index (χ4n) is 1.28. The first-order valence-electron chi connectivity index (χ1n) is 7.39. The Hall–Kier alpha value is 0.260. The second kappa shape index (κ2) is 10.1. The summed E-state index contributed by atoms with van der Waals surface area (Å²) in [4.78, 5) is 2.36. The summed E-state index contributed by atoms with van der Waals surface area (Å²) in [6, 6.07) is 0. The molecule has 1 unspecified atom stereocenters. The summed E-state index contributed by atoms with van der Waals surface area (Å²) in [6.07, 6.45) is 0.653. The van der Waals surface area contributed by atoms with Crippen LogP contribution in [0.1, 0.15) is 54.4 Å². The minimum absolute atomic E-state index is 0.150. The van der Waals surface area contributed by atoms with Crippen LogP contribution < -0.4 is 4.86 Å². The van der Waals surface area contributed by atoms with E-state index >= 15 is 0 Å². The summed E-state index contributed by atoms with van der Waals surface area (Å²) in [5, 5.41) is 0. The Bertz CT molecular complexity index is 353. The Morgan fingerprint density at radius 1 is 0.810 bits per heavy atom. The van der Waals surface area contributed by atoms with Crippen LogP contribution in [0.25, 0.3) is 0 Å². The number of rotatable bonds is 12. The minimum Gasteiger partial charge on any atom is -0.297 e. The van der Waals surface area contributed by atoms with Crippen molar-refractivity contribution < 1.29 is 27.2 Å². The molecule has 0 aromatic rings. The molecule has 0 heterocycles. The smallest absolute Gasteiger partial charge is 0.297 e. The van der Waals surface area contributed by atoms with Gasteiger partial charge in [-0.2, -0.15) is 0 Å². The molecule has 0 spiro atoms. The van der Waals surface area contributed by atoms with Crippen LogP contribution in [-0.4, -0.2) is 25.4 Å². The van der Waals surface area contributed by atoms with E-state index in [9.17, 15) is 9.13 Å². The Labute approximate surface area is 128 Å². The second-order valence-electron chi connectivity index (χ2n) is 4.58. The van der Waals surface area contributed by atoms with Crippen molar-refractivity contribution in [2.24, 2.45) is 0 Å². The van der Waals surface area contributed by atoms with Crippen molar-refractivity contribution in [2.75, 3.05) is 13.2 Å². The van der Waals surface area contributed by atoms with Gasteiger partial charge in [-0.25, -0.2) is 9.13 Å². The van der Waals surface area contributed by atoms with Crippen LogP contribution in [0.5, 0.6) is 0 Å². The van der Waals surface area contributed by atoms with Crippen molar-refractivity contribution in [3.05, 3.63) is 0 Å². The van der Waals surface area contributed by atoms with Crippen LogP contribution in [0.15, 0.2) is 0 Å². The molecule has 0 aromatic carbocycles. The van der Waals surface area contributed by atoms with Crippen molar-refractivity contribution >= 4 is 15.5 Å². The first kappa shape index (κ1) is 21.3. The highest BCUT2D eigenvalue weighted by Crippen LogP contribution is 2.59. The molecule has 0 radical (unpaired) electrons. The van der Waals surface area contributed by atoms with Crippen LogP contribution in [0, 0.1) is 0 Å². The Balaban J connectivity index is 5.18. The van der Waals surface area contributed by atoms with Crippen molar-refractivity contribution in [1.82, 2.24) is 4.86 Å². The van der Waals surface area contributed by atoms with E-state index in [4.69, 9.17) is 18.1 Å². The summed E-state index contributed by atoms with van der Waals surface area (Å²) < 4.78 is 46.4. The van der Waals surface area contributed by atoms with Gasteiger partial charge < -0.3 is 0 Å². The lowest BCUT2D eigenvalue weighted by Crippen LogP contribution is -2.21. The van der Waals surface area contributed by atoms with Gasteiger partial charge in [0, 0.05) is 0 Å². The van der Waals surface area contributed by atoms with Gasteiger partial charge in [0.25, 0.3) is 0 Å². The zero-order valence-electron chi connectivity index (χ0n) is 13.8. The highest BCUT2D eigenvalue weighted by Gasteiger charge is 2.39. The van der Waals surface area contributed by atoms with Crippen molar-refractivity contribution in [1.29, 1.82) is 0 Å². The van der Waals surface area contributed by atoms with Gasteiger partial charge in [0.15, 0.2) is 0 Å². The van der Waals surface area contributed by atoms with Crippen molar-refractivity contribution in [2.45, 2.75) is 66.6 Å². The van der Waals surface area contributed by atoms with Crippen LogP contribution in [0.4, 0.5) is 0 Å². The molecule has 0 aliphatic carbocycles. The zero-order valence-corrected chi connectivity index (χ0v) is 15.6. The van der Waals surface area contributed by atoms with E-state index in [0.717, 1.165) is 0 Å². The first-order chi connectivity index (χ1) is 9.74. The van der Waals surface area contributed by atoms with Gasteiger partial charge in [-0.15, -0.1) is 4.86 Å². The third-order valence-corrected chi connectivity index (χ3v) is 7.06. The maximum atomic E-state index is 12.8. The minimum atomic E-state index is -3.81. The molecule has 0 rings (SSSR count). The molecule has 0 aliphatic heterocycles. The zero-order chi connectivity index (χ0) is 16.5. The number of nitrogens with one attached hydrogen (secondary N) is 1. The average Bonchev–Trinajstić information content (AvgIpc) is 2.37. The predicted molar refractivity (Wildman–Crippen MR) is 83.3 cm³/mol. The summed E-state index contributed by atoms with van der Waals surface area (Å²) in [5.74, 6) is 0. The number of hydrogen-bond acceptors (Lipinski definition) is 6. The fourth-order valence-corrected chi connectivity index (χ4v) is 5.37. The predicted octanol–water partition coefficient (Wildman–Crippen LogP) is 4.50. The molecule has 0 fully saturated rings. The molecule has 9 heteroatoms. The second-order valence-corrected chi connectivity index (χ2v) is 8.31. The molecule has 0 saturated carbocycles. The van der Waals surface area contributed by atoms with Crippen LogP contribution in [0.3, 0.4) is 0 Å². The third kappa shape index (κ3) is 8.46. The van der Waals surface area contributed by atoms with Gasteiger partial charge in [-0.05, 0) is 40.5 Å². The van der Waals surface area contributed by atoms with E-state index in [1.807, 2.05) is 13.8 Å². The molecule has 0 bridgehead atoms. The van der Waals surface area contributed by atoms with Gasteiger partial charge in [-0.3, -0.25) is 18.1 Å². The molecule has 21 heavy (non-hydrogen) atoms. The lowest BCUT2D eigenvalue weighted by atomic mass is 10.3. The monoisotopic (exact) mass is 345 g/mol. The van der Waals surface area contributed by atoms with Gasteiger partial charge in [0.05, 0.1) is 25.4 Å². The summed E-state index contributed by atoms with van der Waals surface area (Å²) in [6.45, 7) is 11.0. The molecule has 3 atom stereocenters. The van der Waals surface area contributed by atoms with E-state index in [1.165, 1.54) is 0 Å². The van der Waals surface area contributed by atoms with Crippen LogP contribution >= 0.6 is 15.5 Å². The summed E-state index contributed by atoms with van der Waals surface area (Å²) in [5.41, 5.74) is 0. The molecular formula is C12H29NO6P2. The highest BCUT2D eigenvalue weighted by atomic mass is 31.3. The van der Waals surface area contributed by atoms with Crippen LogP contribution in [-0.2, 0) is 27.2 Å². The van der Waals surface area contributed by atoms with E-state index in [1.54, 1.807) is 27.7 Å². The Morgan fingerprint density at radius 3 is 1.48 bits per heavy atom. The largest absolute Gasteiger partial charge is 0.415 e. The molecule has 1 N–H and O–H groups in total. The molecule has 7 nitrogen and oxygen atoms in total. The Kier molecular flexibility index (Phi) is 10.2. The van der Waals surface area contributed by atoms with Gasteiger partial charge in [0.1, 0.15) is 0 Å². The molecule has 0 aromatic heterocycles. The molecular weight excluding hydrogens is 316 g/mol. The topological polar surface area (TPSA) is 83.1 Å². The molecule has 0 aliphatic rings. The lowest BCUT2D eigenvalue weighted by Gasteiger charge is -2.27. The van der Waals surface area contributed by atoms with E-state index in [0.29, 0.717) is 12.8 Å². The lowest BCUT2D eigenvalue weighted by molar-refractivity contribution is 0.117. The summed E-state index contributed by atoms with van der Waals surface area (Å²) >= 11 is 0. The van der Waals surface area contributed by atoms with E-state index in [2.05, 4.69) is 4.86 Å². The first-order valence-corrected chi connectivity index (χ1v) is 10.5. The standard InChI is InChI=1S/C12H29NO6P2/c1-7-11(5)18-21(15,19-12(6)8-2)13-20(14,16-9-3)17-10-4/h11-12H,7-10H2,1-6H3,(H,13,14,15)/t11-,12+,21?. The highest BCUT2D eigenvalue weighted by molar-refractivity contribution is 7.67. The third-order valence-electron chi connectivity index (χ3n) is 2.63. The van der Waals surface area contributed by atoms with E-state index < -0.39 is 15.5 Å². The van der Waals surface area contributed by atoms with E-state index in [-0.39, 0.29) is 25.4 Å². The van der Waals surface area contributed by atoms with Gasteiger partial charge in [0.2, 0.25) is 0 Å². The Morgan fingerprint density at radius 2 is 1.19 bits per heavy atom. The normalized spacial score (nSPS) is 18.2. The van der Waals surface area contributed by atoms with Crippen molar-refractivity contribution in [3.8, 4) is 0 Å². The molecule has 0 saturated heterocycles. The fraction of sp³-hybridized carbons (Fsp3) is 1.00. The maximum absolute atomic E-state index is 12.8. The van der Waals surface area contributed by atoms with Crippen molar-refractivity contribution in [3.63, 3.8) is 0 Å². The van der Waals surface area contributed by atoms with Crippen LogP contribution in [0.2, 0.25) is 0 Å². The SMILES string of the molecule is CCOP(=O)(NP(=O)(O[C@H](C)CC)O[C@@H](C)CC)OCC. The quantitative estimate of drug-likeness (QED) is 0.522. The maximum Gasteiger partial charge on any atom is 0.415 e.